The Morgan fingerprint density at radius 1 is 1.33 bits per heavy atom. The SMILES string of the molecule is Cc1ccc(C(=O)CCCl)c(C(=O)O)c1. The highest BCUT2D eigenvalue weighted by atomic mass is 35.5. The molecule has 0 bridgehead atoms. The molecule has 0 saturated heterocycles. The van der Waals surface area contributed by atoms with Crippen LogP contribution in [0.25, 0.3) is 0 Å². The normalized spacial score (nSPS) is 10.0. The highest BCUT2D eigenvalue weighted by Crippen LogP contribution is 2.14. The molecular formula is C11H11ClO3. The molecule has 80 valence electrons. The molecule has 1 aromatic rings. The molecule has 0 aromatic heterocycles. The molecule has 0 aliphatic heterocycles. The van der Waals surface area contributed by atoms with Crippen LogP contribution in [-0.2, 0) is 0 Å². The van der Waals surface area contributed by atoms with Gasteiger partial charge in [0.1, 0.15) is 0 Å². The smallest absolute Gasteiger partial charge is 0.336 e. The van der Waals surface area contributed by atoms with E-state index in [1.165, 1.54) is 12.1 Å². The van der Waals surface area contributed by atoms with Gasteiger partial charge in [-0.15, -0.1) is 11.6 Å². The third kappa shape index (κ3) is 2.80. The van der Waals surface area contributed by atoms with Gasteiger partial charge >= 0.3 is 5.97 Å². The van der Waals surface area contributed by atoms with Crippen molar-refractivity contribution in [1.29, 1.82) is 0 Å². The molecule has 0 amide bonds. The van der Waals surface area contributed by atoms with Crippen LogP contribution in [0.3, 0.4) is 0 Å². The molecule has 1 rings (SSSR count). The first-order valence-electron chi connectivity index (χ1n) is 4.49. The van der Waals surface area contributed by atoms with E-state index in [9.17, 15) is 9.59 Å². The Kier molecular flexibility index (Phi) is 3.86. The Hall–Kier alpha value is -1.35. The van der Waals surface area contributed by atoms with Gasteiger partial charge in [0.15, 0.2) is 5.78 Å². The van der Waals surface area contributed by atoms with Crippen molar-refractivity contribution in [3.05, 3.63) is 34.9 Å². The fraction of sp³-hybridized carbons (Fsp3) is 0.273. The minimum atomic E-state index is -1.09. The van der Waals surface area contributed by atoms with E-state index in [1.54, 1.807) is 13.0 Å². The molecular weight excluding hydrogens is 216 g/mol. The molecule has 3 nitrogen and oxygen atoms in total. The first-order valence-corrected chi connectivity index (χ1v) is 5.03. The Morgan fingerprint density at radius 2 is 2.00 bits per heavy atom. The zero-order valence-electron chi connectivity index (χ0n) is 8.29. The van der Waals surface area contributed by atoms with Gasteiger partial charge in [-0.25, -0.2) is 4.79 Å². The van der Waals surface area contributed by atoms with E-state index in [0.29, 0.717) is 0 Å². The maximum absolute atomic E-state index is 11.5. The van der Waals surface area contributed by atoms with Crippen LogP contribution >= 0.6 is 11.6 Å². The average molecular weight is 227 g/mol. The Bertz CT molecular complexity index is 399. The van der Waals surface area contributed by atoms with E-state index < -0.39 is 5.97 Å². The van der Waals surface area contributed by atoms with Gasteiger partial charge in [0.2, 0.25) is 0 Å². The first kappa shape index (κ1) is 11.7. The summed E-state index contributed by atoms with van der Waals surface area (Å²) in [4.78, 5) is 22.4. The summed E-state index contributed by atoms with van der Waals surface area (Å²) < 4.78 is 0. The fourth-order valence-corrected chi connectivity index (χ4v) is 1.47. The van der Waals surface area contributed by atoms with E-state index in [0.717, 1.165) is 5.56 Å². The summed E-state index contributed by atoms with van der Waals surface area (Å²) in [7, 11) is 0. The molecule has 0 unspecified atom stereocenters. The second kappa shape index (κ2) is 4.94. The number of carboxylic acid groups (broad SMARTS) is 1. The summed E-state index contributed by atoms with van der Waals surface area (Å²) in [5, 5.41) is 8.92. The van der Waals surface area contributed by atoms with Crippen LogP contribution in [0.4, 0.5) is 0 Å². The lowest BCUT2D eigenvalue weighted by atomic mass is 10.00. The van der Waals surface area contributed by atoms with Crippen molar-refractivity contribution in [2.75, 3.05) is 5.88 Å². The van der Waals surface area contributed by atoms with Crippen LogP contribution in [0.2, 0.25) is 0 Å². The molecule has 0 radical (unpaired) electrons. The number of rotatable bonds is 4. The van der Waals surface area contributed by atoms with Gasteiger partial charge in [-0.1, -0.05) is 17.7 Å². The van der Waals surface area contributed by atoms with Crippen LogP contribution in [-0.4, -0.2) is 22.7 Å². The highest BCUT2D eigenvalue weighted by Gasteiger charge is 2.15. The van der Waals surface area contributed by atoms with Crippen molar-refractivity contribution in [3.63, 3.8) is 0 Å². The largest absolute Gasteiger partial charge is 0.478 e. The van der Waals surface area contributed by atoms with Gasteiger partial charge in [0, 0.05) is 17.9 Å². The van der Waals surface area contributed by atoms with E-state index >= 15 is 0 Å². The number of hydrogen-bond donors (Lipinski definition) is 1. The topological polar surface area (TPSA) is 54.4 Å². The maximum Gasteiger partial charge on any atom is 0.336 e. The van der Waals surface area contributed by atoms with Gasteiger partial charge in [0.25, 0.3) is 0 Å². The number of carbonyl (C=O) groups excluding carboxylic acids is 1. The van der Waals surface area contributed by atoms with Crippen molar-refractivity contribution in [1.82, 2.24) is 0 Å². The van der Waals surface area contributed by atoms with Crippen LogP contribution in [0, 0.1) is 6.92 Å². The lowest BCUT2D eigenvalue weighted by Gasteiger charge is -2.05. The maximum atomic E-state index is 11.5. The summed E-state index contributed by atoms with van der Waals surface area (Å²) in [6, 6.07) is 4.74. The lowest BCUT2D eigenvalue weighted by Crippen LogP contribution is -2.09. The number of hydrogen-bond acceptors (Lipinski definition) is 2. The van der Waals surface area contributed by atoms with E-state index in [4.69, 9.17) is 16.7 Å². The van der Waals surface area contributed by atoms with Crippen molar-refractivity contribution < 1.29 is 14.7 Å². The minimum absolute atomic E-state index is 0.0464. The van der Waals surface area contributed by atoms with Gasteiger partial charge in [0.05, 0.1) is 5.56 Å². The summed E-state index contributed by atoms with van der Waals surface area (Å²) in [5.74, 6) is -1.12. The average Bonchev–Trinajstić information content (AvgIpc) is 2.17. The molecule has 1 N–H and O–H groups in total. The molecule has 15 heavy (non-hydrogen) atoms. The Balaban J connectivity index is 3.17. The summed E-state index contributed by atoms with van der Waals surface area (Å²) in [6.07, 6.45) is 0.158. The molecule has 1 aromatic carbocycles. The Morgan fingerprint density at radius 3 is 2.53 bits per heavy atom. The second-order valence-corrected chi connectivity index (χ2v) is 3.59. The number of aryl methyl sites for hydroxylation is 1. The predicted molar refractivity (Wildman–Crippen MR) is 57.8 cm³/mol. The molecule has 4 heteroatoms. The van der Waals surface area contributed by atoms with Gasteiger partial charge < -0.3 is 5.11 Å². The molecule has 0 atom stereocenters. The first-order chi connectivity index (χ1) is 7.06. The molecule has 0 aliphatic carbocycles. The van der Waals surface area contributed by atoms with Crippen molar-refractivity contribution in [2.24, 2.45) is 0 Å². The summed E-state index contributed by atoms with van der Waals surface area (Å²) in [5.41, 5.74) is 1.09. The summed E-state index contributed by atoms with van der Waals surface area (Å²) >= 11 is 5.44. The monoisotopic (exact) mass is 226 g/mol. The number of carbonyl (C=O) groups is 2. The van der Waals surface area contributed by atoms with Crippen molar-refractivity contribution in [3.8, 4) is 0 Å². The number of aromatic carboxylic acids is 1. The van der Waals surface area contributed by atoms with Crippen LogP contribution in [0.5, 0.6) is 0 Å². The quantitative estimate of drug-likeness (QED) is 0.634. The minimum Gasteiger partial charge on any atom is -0.478 e. The van der Waals surface area contributed by atoms with E-state index in [2.05, 4.69) is 0 Å². The standard InChI is InChI=1S/C11H11ClO3/c1-7-2-3-8(10(13)4-5-12)9(6-7)11(14)15/h2-3,6H,4-5H2,1H3,(H,14,15). The zero-order chi connectivity index (χ0) is 11.4. The predicted octanol–water partition coefficient (Wildman–Crippen LogP) is 2.50. The number of halogens is 1. The number of Topliss-reactive ketones (excluding diaryl/α,β-unsaturated/α-hetero) is 1. The van der Waals surface area contributed by atoms with Gasteiger partial charge in [-0.2, -0.15) is 0 Å². The lowest BCUT2D eigenvalue weighted by molar-refractivity contribution is 0.0692. The van der Waals surface area contributed by atoms with Crippen molar-refractivity contribution in [2.45, 2.75) is 13.3 Å². The van der Waals surface area contributed by atoms with Gasteiger partial charge in [-0.05, 0) is 13.0 Å². The molecule has 0 fully saturated rings. The van der Waals surface area contributed by atoms with Crippen LogP contribution in [0.1, 0.15) is 32.7 Å². The highest BCUT2D eigenvalue weighted by molar-refractivity contribution is 6.20. The number of ketones is 1. The third-order valence-electron chi connectivity index (χ3n) is 2.03. The third-order valence-corrected chi connectivity index (χ3v) is 2.22. The molecule has 0 heterocycles. The molecule has 0 spiro atoms. The number of alkyl halides is 1. The molecule has 0 saturated carbocycles. The van der Waals surface area contributed by atoms with E-state index in [1.807, 2.05) is 0 Å². The molecule has 0 aliphatic rings. The second-order valence-electron chi connectivity index (χ2n) is 3.22. The van der Waals surface area contributed by atoms with E-state index in [-0.39, 0.29) is 29.2 Å². The van der Waals surface area contributed by atoms with Gasteiger partial charge in [-0.3, -0.25) is 4.79 Å². The summed E-state index contributed by atoms with van der Waals surface area (Å²) in [6.45, 7) is 1.78. The van der Waals surface area contributed by atoms with Crippen LogP contribution in [0.15, 0.2) is 18.2 Å². The number of benzene rings is 1. The van der Waals surface area contributed by atoms with Crippen molar-refractivity contribution >= 4 is 23.4 Å². The van der Waals surface area contributed by atoms with Crippen LogP contribution < -0.4 is 0 Å². The zero-order valence-corrected chi connectivity index (χ0v) is 9.04. The number of carboxylic acids is 1. The Labute approximate surface area is 92.7 Å². The fourth-order valence-electron chi connectivity index (χ4n) is 1.30.